The van der Waals surface area contributed by atoms with E-state index in [4.69, 9.17) is 15.3 Å². The molecule has 1 amide bonds. The van der Waals surface area contributed by atoms with Crippen LogP contribution in [0.4, 0.5) is 0 Å². The van der Waals surface area contributed by atoms with Gasteiger partial charge in [-0.1, -0.05) is 19.1 Å². The summed E-state index contributed by atoms with van der Waals surface area (Å²) >= 11 is 0. The minimum Gasteiger partial charge on any atom is -0.476 e. The lowest BCUT2D eigenvalue weighted by molar-refractivity contribution is 0.0950. The first-order valence-electron chi connectivity index (χ1n) is 7.44. The Bertz CT molecular complexity index is 813. The molecule has 0 spiro atoms. The number of nitrogens with zero attached hydrogens (tertiary/aromatic N) is 4. The van der Waals surface area contributed by atoms with Crippen molar-refractivity contribution in [3.63, 3.8) is 0 Å². The fraction of sp³-hybridized carbons (Fsp3) is 0.294. The second-order valence-corrected chi connectivity index (χ2v) is 5.12. The van der Waals surface area contributed by atoms with Gasteiger partial charge in [0.1, 0.15) is 17.9 Å². The van der Waals surface area contributed by atoms with Crippen LogP contribution in [0.2, 0.25) is 0 Å². The molecule has 122 valence electrons. The number of aryl methyl sites for hydroxylation is 1. The second-order valence-electron chi connectivity index (χ2n) is 5.12. The van der Waals surface area contributed by atoms with Gasteiger partial charge >= 0.3 is 0 Å². The summed E-state index contributed by atoms with van der Waals surface area (Å²) in [4.78, 5) is 12.2. The number of carbonyl (C=O) groups is 1. The number of benzene rings is 1. The maximum Gasteiger partial charge on any atom is 0.256 e. The van der Waals surface area contributed by atoms with Crippen LogP contribution in [0.15, 0.2) is 30.5 Å². The van der Waals surface area contributed by atoms with Crippen LogP contribution in [0.5, 0.6) is 5.75 Å². The van der Waals surface area contributed by atoms with Crippen LogP contribution in [-0.4, -0.2) is 21.8 Å². The fourth-order valence-electron chi connectivity index (χ4n) is 2.11. The van der Waals surface area contributed by atoms with Gasteiger partial charge in [0, 0.05) is 13.6 Å². The molecule has 0 aliphatic heterocycles. The van der Waals surface area contributed by atoms with Crippen molar-refractivity contribution in [1.29, 1.82) is 10.5 Å². The van der Waals surface area contributed by atoms with Gasteiger partial charge in [0.15, 0.2) is 11.8 Å². The molecule has 1 N–H and O–H groups in total. The minimum atomic E-state index is -0.497. The van der Waals surface area contributed by atoms with Gasteiger partial charge in [-0.25, -0.2) is 0 Å². The molecular formula is C17H17N5O2. The second kappa shape index (κ2) is 7.80. The van der Waals surface area contributed by atoms with E-state index >= 15 is 0 Å². The van der Waals surface area contributed by atoms with E-state index in [1.807, 2.05) is 19.1 Å². The van der Waals surface area contributed by atoms with Crippen molar-refractivity contribution in [2.45, 2.75) is 26.0 Å². The zero-order chi connectivity index (χ0) is 17.5. The third-order valence-electron chi connectivity index (χ3n) is 3.43. The van der Waals surface area contributed by atoms with Crippen molar-refractivity contribution in [2.24, 2.45) is 7.05 Å². The standard InChI is InChI=1S/C17H17N5O2/c1-3-13(8-18)24-14-6-4-5-12(7-14)10-20-17(23)15-11-21-22(2)16(15)9-19/h4-7,11,13H,3,10H2,1-2H3,(H,20,23). The van der Waals surface area contributed by atoms with Gasteiger partial charge in [0.25, 0.3) is 5.91 Å². The van der Waals surface area contributed by atoms with Crippen molar-refractivity contribution < 1.29 is 9.53 Å². The first kappa shape index (κ1) is 17.0. The summed E-state index contributed by atoms with van der Waals surface area (Å²) in [6.45, 7) is 2.15. The summed E-state index contributed by atoms with van der Waals surface area (Å²) < 4.78 is 6.91. The molecule has 0 radical (unpaired) electrons. The highest BCUT2D eigenvalue weighted by molar-refractivity contribution is 5.95. The molecule has 0 saturated heterocycles. The van der Waals surface area contributed by atoms with E-state index in [-0.39, 0.29) is 23.7 Å². The van der Waals surface area contributed by atoms with Crippen LogP contribution in [0.1, 0.15) is 35.0 Å². The zero-order valence-corrected chi connectivity index (χ0v) is 13.5. The van der Waals surface area contributed by atoms with Crippen LogP contribution in [-0.2, 0) is 13.6 Å². The average Bonchev–Trinajstić information content (AvgIpc) is 2.98. The molecule has 0 aliphatic rings. The van der Waals surface area contributed by atoms with Gasteiger partial charge in [0.2, 0.25) is 0 Å². The molecule has 7 nitrogen and oxygen atoms in total. The number of amides is 1. The topological polar surface area (TPSA) is 104 Å². The number of aromatic nitrogens is 2. The van der Waals surface area contributed by atoms with E-state index in [1.54, 1.807) is 25.2 Å². The van der Waals surface area contributed by atoms with Crippen molar-refractivity contribution >= 4 is 5.91 Å². The number of nitriles is 2. The SMILES string of the molecule is CCC(C#N)Oc1cccc(CNC(=O)c2cnn(C)c2C#N)c1. The minimum absolute atomic E-state index is 0.212. The molecule has 0 aliphatic carbocycles. The molecule has 1 aromatic heterocycles. The Morgan fingerprint density at radius 1 is 1.46 bits per heavy atom. The Labute approximate surface area is 140 Å². The van der Waals surface area contributed by atoms with Crippen molar-refractivity contribution in [1.82, 2.24) is 15.1 Å². The largest absolute Gasteiger partial charge is 0.476 e. The first-order chi connectivity index (χ1) is 11.6. The number of nitrogens with one attached hydrogen (secondary N) is 1. The molecule has 7 heteroatoms. The van der Waals surface area contributed by atoms with Crippen molar-refractivity contribution in [2.75, 3.05) is 0 Å². The molecule has 2 aromatic rings. The normalized spacial score (nSPS) is 11.2. The lowest BCUT2D eigenvalue weighted by Crippen LogP contribution is -2.23. The summed E-state index contributed by atoms with van der Waals surface area (Å²) in [5, 5.41) is 24.7. The van der Waals surface area contributed by atoms with E-state index in [1.165, 1.54) is 10.9 Å². The molecular weight excluding hydrogens is 306 g/mol. The Balaban J connectivity index is 2.03. The Morgan fingerprint density at radius 3 is 2.92 bits per heavy atom. The molecule has 1 aromatic carbocycles. The summed E-state index contributed by atoms with van der Waals surface area (Å²) in [7, 11) is 1.61. The highest BCUT2D eigenvalue weighted by atomic mass is 16.5. The third-order valence-corrected chi connectivity index (χ3v) is 3.43. The lowest BCUT2D eigenvalue weighted by atomic mass is 10.2. The summed E-state index contributed by atoms with van der Waals surface area (Å²) in [5.41, 5.74) is 1.28. The predicted molar refractivity (Wildman–Crippen MR) is 85.9 cm³/mol. The van der Waals surface area contributed by atoms with E-state index in [0.29, 0.717) is 12.2 Å². The number of ether oxygens (including phenoxy) is 1. The average molecular weight is 323 g/mol. The summed E-state index contributed by atoms with van der Waals surface area (Å²) in [6.07, 6.45) is 1.46. The maximum absolute atomic E-state index is 12.2. The first-order valence-corrected chi connectivity index (χ1v) is 7.44. The fourth-order valence-corrected chi connectivity index (χ4v) is 2.11. The van der Waals surface area contributed by atoms with E-state index < -0.39 is 6.10 Å². The van der Waals surface area contributed by atoms with Crippen LogP contribution >= 0.6 is 0 Å². The Kier molecular flexibility index (Phi) is 5.54. The molecule has 1 unspecified atom stereocenters. The van der Waals surface area contributed by atoms with Crippen LogP contribution in [0.3, 0.4) is 0 Å². The quantitative estimate of drug-likeness (QED) is 0.874. The van der Waals surface area contributed by atoms with Gasteiger partial charge in [-0.05, 0) is 24.1 Å². The Morgan fingerprint density at radius 2 is 2.25 bits per heavy atom. The molecule has 0 saturated carbocycles. The van der Waals surface area contributed by atoms with E-state index in [0.717, 1.165) is 5.56 Å². The van der Waals surface area contributed by atoms with Gasteiger partial charge in [-0.2, -0.15) is 15.6 Å². The molecule has 1 heterocycles. The highest BCUT2D eigenvalue weighted by Crippen LogP contribution is 2.16. The maximum atomic E-state index is 12.2. The number of carbonyl (C=O) groups excluding carboxylic acids is 1. The number of rotatable bonds is 6. The number of hydrogen-bond acceptors (Lipinski definition) is 5. The van der Waals surface area contributed by atoms with Crippen LogP contribution < -0.4 is 10.1 Å². The lowest BCUT2D eigenvalue weighted by Gasteiger charge is -2.11. The highest BCUT2D eigenvalue weighted by Gasteiger charge is 2.15. The van der Waals surface area contributed by atoms with Crippen molar-refractivity contribution in [3.8, 4) is 17.9 Å². The third kappa shape index (κ3) is 3.90. The van der Waals surface area contributed by atoms with Gasteiger partial charge < -0.3 is 10.1 Å². The van der Waals surface area contributed by atoms with Gasteiger partial charge in [0.05, 0.1) is 11.8 Å². The van der Waals surface area contributed by atoms with Crippen molar-refractivity contribution in [3.05, 3.63) is 47.3 Å². The molecule has 2 rings (SSSR count). The molecule has 0 bridgehead atoms. The number of hydrogen-bond donors (Lipinski definition) is 1. The Hall–Kier alpha value is -3.32. The van der Waals surface area contributed by atoms with E-state index in [9.17, 15) is 4.79 Å². The predicted octanol–water partition coefficient (Wildman–Crippen LogP) is 1.90. The summed E-state index contributed by atoms with van der Waals surface area (Å²) in [5.74, 6) is 0.212. The van der Waals surface area contributed by atoms with Gasteiger partial charge in [-0.3, -0.25) is 9.48 Å². The monoisotopic (exact) mass is 323 g/mol. The smallest absolute Gasteiger partial charge is 0.256 e. The van der Waals surface area contributed by atoms with Crippen LogP contribution in [0, 0.1) is 22.7 Å². The molecule has 1 atom stereocenters. The zero-order valence-electron chi connectivity index (χ0n) is 13.5. The van der Waals surface area contributed by atoms with Crippen LogP contribution in [0.25, 0.3) is 0 Å². The van der Waals surface area contributed by atoms with E-state index in [2.05, 4.69) is 16.5 Å². The summed E-state index contributed by atoms with van der Waals surface area (Å²) in [6, 6.07) is 11.2. The van der Waals surface area contributed by atoms with Gasteiger partial charge in [-0.15, -0.1) is 0 Å². The molecule has 24 heavy (non-hydrogen) atoms. The molecule has 0 fully saturated rings.